The van der Waals surface area contributed by atoms with Gasteiger partial charge in [0.05, 0.1) is 25.4 Å². The molecular weight excluding hydrogens is 476 g/mol. The van der Waals surface area contributed by atoms with Gasteiger partial charge in [-0.05, 0) is 17.7 Å². The number of carbonyl (C=O) groups is 4. The molecule has 37 heavy (non-hydrogen) atoms. The fourth-order valence-electron chi connectivity index (χ4n) is 4.82. The van der Waals surface area contributed by atoms with Crippen LogP contribution in [0.3, 0.4) is 0 Å². The first kappa shape index (κ1) is 23.7. The molecule has 0 spiro atoms. The summed E-state index contributed by atoms with van der Waals surface area (Å²) in [5.41, 5.74) is -0.438. The van der Waals surface area contributed by atoms with Crippen LogP contribution in [0.4, 0.5) is 0 Å². The first-order valence-corrected chi connectivity index (χ1v) is 11.2. The fourth-order valence-corrected chi connectivity index (χ4v) is 4.82. The molecule has 0 saturated carbocycles. The second-order valence-corrected chi connectivity index (χ2v) is 8.48. The Balaban J connectivity index is 1.87. The molecule has 0 radical (unpaired) electrons. The van der Waals surface area contributed by atoms with Crippen LogP contribution in [0, 0.1) is 0 Å². The number of ketones is 4. The van der Waals surface area contributed by atoms with Gasteiger partial charge in [0.15, 0.2) is 11.5 Å². The molecule has 3 aromatic carbocycles. The number of methoxy groups -OCH3 is 2. The quantitative estimate of drug-likeness (QED) is 0.502. The molecule has 0 heterocycles. The highest BCUT2D eigenvalue weighted by molar-refractivity contribution is 6.55. The summed E-state index contributed by atoms with van der Waals surface area (Å²) in [7, 11) is 2.82. The van der Waals surface area contributed by atoms with Gasteiger partial charge < -0.3 is 19.7 Å². The van der Waals surface area contributed by atoms with Crippen LogP contribution in [0.1, 0.15) is 43.3 Å². The summed E-state index contributed by atoms with van der Waals surface area (Å²) in [5.74, 6) is -5.85. The van der Waals surface area contributed by atoms with E-state index in [1.807, 2.05) is 0 Å². The molecule has 0 fully saturated rings. The molecule has 0 bridgehead atoms. The van der Waals surface area contributed by atoms with Crippen molar-refractivity contribution >= 4 is 34.7 Å². The summed E-state index contributed by atoms with van der Waals surface area (Å²) in [6.07, 6.45) is 0. The zero-order chi connectivity index (χ0) is 26.4. The highest BCUT2D eigenvalue weighted by Gasteiger charge is 2.45. The zero-order valence-corrected chi connectivity index (χ0v) is 19.8. The maximum absolute atomic E-state index is 13.5. The molecule has 0 unspecified atom stereocenters. The van der Waals surface area contributed by atoms with Crippen molar-refractivity contribution in [2.75, 3.05) is 14.2 Å². The number of allylic oxidation sites excluding steroid dienone is 2. The average Bonchev–Trinajstić information content (AvgIpc) is 2.93. The minimum absolute atomic E-state index is 0.00871. The summed E-state index contributed by atoms with van der Waals surface area (Å²) >= 11 is 0. The van der Waals surface area contributed by atoms with Crippen LogP contribution in [0.25, 0.3) is 11.5 Å². The summed E-state index contributed by atoms with van der Waals surface area (Å²) in [4.78, 5) is 53.0. The Morgan fingerprint density at radius 1 is 0.568 bits per heavy atom. The number of hydrogen-bond donors (Lipinski definition) is 2. The molecule has 0 saturated heterocycles. The molecule has 2 aliphatic carbocycles. The van der Waals surface area contributed by atoms with Gasteiger partial charge in [-0.15, -0.1) is 0 Å². The van der Waals surface area contributed by atoms with Crippen molar-refractivity contribution in [3.05, 3.63) is 106 Å². The van der Waals surface area contributed by atoms with Crippen molar-refractivity contribution in [2.24, 2.45) is 0 Å². The molecule has 2 aliphatic rings. The van der Waals surface area contributed by atoms with Gasteiger partial charge in [-0.1, -0.05) is 54.6 Å². The number of hydrogen-bond acceptors (Lipinski definition) is 8. The maximum Gasteiger partial charge on any atom is 0.234 e. The lowest BCUT2D eigenvalue weighted by Gasteiger charge is -2.29. The number of aliphatic hydroxyl groups excluding tert-OH is 2. The lowest BCUT2D eigenvalue weighted by Crippen LogP contribution is -2.33. The van der Waals surface area contributed by atoms with E-state index in [0.717, 1.165) is 0 Å². The largest absolute Gasteiger partial charge is 0.507 e. The fraction of sp³-hybridized carbons (Fsp3) is 0.103. The highest BCUT2D eigenvalue weighted by atomic mass is 16.5. The first-order valence-electron chi connectivity index (χ1n) is 11.2. The van der Waals surface area contributed by atoms with E-state index in [2.05, 4.69) is 0 Å². The molecule has 184 valence electrons. The summed E-state index contributed by atoms with van der Waals surface area (Å²) in [6.45, 7) is 0. The second-order valence-electron chi connectivity index (χ2n) is 8.48. The van der Waals surface area contributed by atoms with Crippen LogP contribution >= 0.6 is 0 Å². The predicted molar refractivity (Wildman–Crippen MR) is 133 cm³/mol. The van der Waals surface area contributed by atoms with Gasteiger partial charge >= 0.3 is 0 Å². The van der Waals surface area contributed by atoms with Gasteiger partial charge in [0, 0.05) is 28.2 Å². The van der Waals surface area contributed by atoms with Crippen LogP contribution < -0.4 is 9.47 Å². The Morgan fingerprint density at radius 2 is 1.00 bits per heavy atom. The van der Waals surface area contributed by atoms with Gasteiger partial charge in [0.25, 0.3) is 0 Å². The Labute approximate surface area is 211 Å². The molecule has 0 amide bonds. The van der Waals surface area contributed by atoms with E-state index >= 15 is 0 Å². The van der Waals surface area contributed by atoms with E-state index in [4.69, 9.17) is 9.47 Å². The third-order valence-electron chi connectivity index (χ3n) is 6.58. The van der Waals surface area contributed by atoms with E-state index in [9.17, 15) is 29.4 Å². The van der Waals surface area contributed by atoms with Gasteiger partial charge in [0.1, 0.15) is 11.5 Å². The van der Waals surface area contributed by atoms with Gasteiger partial charge in [-0.3, -0.25) is 19.2 Å². The van der Waals surface area contributed by atoms with Crippen LogP contribution in [-0.4, -0.2) is 47.6 Å². The molecular formula is C29H20O8. The second kappa shape index (κ2) is 8.91. The van der Waals surface area contributed by atoms with E-state index < -0.39 is 51.7 Å². The Morgan fingerprint density at radius 3 is 1.43 bits per heavy atom. The lowest BCUT2D eigenvalue weighted by molar-refractivity contribution is -0.112. The van der Waals surface area contributed by atoms with Crippen LogP contribution in [-0.2, 0) is 9.59 Å². The monoisotopic (exact) mass is 496 g/mol. The summed E-state index contributed by atoms with van der Waals surface area (Å²) in [6, 6.07) is 16.5. The minimum Gasteiger partial charge on any atom is -0.507 e. The average molecular weight is 496 g/mol. The number of carbonyl (C=O) groups excluding carboxylic acids is 4. The van der Waals surface area contributed by atoms with E-state index in [-0.39, 0.29) is 33.6 Å². The third-order valence-corrected chi connectivity index (χ3v) is 6.58. The number of rotatable bonds is 5. The maximum atomic E-state index is 13.5. The van der Waals surface area contributed by atoms with Crippen LogP contribution in [0.15, 0.2) is 77.9 Å². The molecule has 0 aromatic heterocycles. The van der Waals surface area contributed by atoms with Crippen molar-refractivity contribution in [1.82, 2.24) is 0 Å². The van der Waals surface area contributed by atoms with Gasteiger partial charge in [0.2, 0.25) is 23.1 Å². The Bertz CT molecular complexity index is 1500. The van der Waals surface area contributed by atoms with Crippen molar-refractivity contribution in [2.45, 2.75) is 5.92 Å². The van der Waals surface area contributed by atoms with E-state index in [0.29, 0.717) is 5.75 Å². The number of aliphatic hydroxyl groups is 2. The van der Waals surface area contributed by atoms with E-state index in [1.54, 1.807) is 24.3 Å². The molecule has 2 N–H and O–H groups in total. The minimum atomic E-state index is -1.48. The smallest absolute Gasteiger partial charge is 0.234 e. The highest BCUT2D eigenvalue weighted by Crippen LogP contribution is 2.46. The summed E-state index contributed by atoms with van der Waals surface area (Å²) < 4.78 is 10.7. The number of ether oxygens (including phenoxy) is 2. The molecule has 8 nitrogen and oxygen atoms in total. The molecule has 0 aliphatic heterocycles. The normalized spacial score (nSPS) is 15.2. The van der Waals surface area contributed by atoms with Crippen molar-refractivity contribution in [3.63, 3.8) is 0 Å². The number of benzene rings is 3. The SMILES string of the molecule is COc1ccc(C(C2=C(O)c3ccccc3C(=O)C2=O)C2=C(O)c3ccccc3C(=O)C2=O)cc1OC. The Kier molecular flexibility index (Phi) is 5.72. The molecule has 8 heteroatoms. The molecule has 5 rings (SSSR count). The third kappa shape index (κ3) is 3.53. The van der Waals surface area contributed by atoms with Crippen molar-refractivity contribution in [1.29, 1.82) is 0 Å². The lowest BCUT2D eigenvalue weighted by atomic mass is 9.72. The first-order chi connectivity index (χ1) is 17.8. The molecule has 0 atom stereocenters. The van der Waals surface area contributed by atoms with Crippen LogP contribution in [0.2, 0.25) is 0 Å². The number of fused-ring (bicyclic) bond motifs is 2. The van der Waals surface area contributed by atoms with Gasteiger partial charge in [-0.2, -0.15) is 0 Å². The van der Waals surface area contributed by atoms with E-state index in [1.165, 1.54) is 56.7 Å². The summed E-state index contributed by atoms with van der Waals surface area (Å²) in [5, 5.41) is 22.6. The van der Waals surface area contributed by atoms with Crippen molar-refractivity contribution in [3.8, 4) is 11.5 Å². The molecule has 3 aromatic rings. The standard InChI is InChI=1S/C29H20O8/c1-36-19-12-11-14(13-20(19)37-2)21(22-24(30)15-7-3-5-9-17(15)26(32)28(22)34)23-25(31)16-8-4-6-10-18(16)27(33)29(23)35/h3-13,21,30-31H,1-2H3. The van der Waals surface area contributed by atoms with Crippen LogP contribution in [0.5, 0.6) is 11.5 Å². The number of Topliss-reactive ketones (excluding diaryl/α,β-unsaturated/α-hetero) is 4. The van der Waals surface area contributed by atoms with Crippen molar-refractivity contribution < 1.29 is 38.9 Å². The Hall–Kier alpha value is -4.98. The predicted octanol–water partition coefficient (Wildman–Crippen LogP) is 4.26. The van der Waals surface area contributed by atoms with Gasteiger partial charge in [-0.25, -0.2) is 0 Å². The topological polar surface area (TPSA) is 127 Å². The zero-order valence-electron chi connectivity index (χ0n) is 19.8.